The van der Waals surface area contributed by atoms with E-state index in [1.165, 1.54) is 24.3 Å². The highest BCUT2D eigenvalue weighted by molar-refractivity contribution is 14.1. The summed E-state index contributed by atoms with van der Waals surface area (Å²) in [6.45, 7) is 0. The van der Waals surface area contributed by atoms with Crippen molar-refractivity contribution in [1.82, 2.24) is 5.01 Å². The Bertz CT molecular complexity index is 396. The molecule has 0 radical (unpaired) electrons. The molecule has 7 heteroatoms. The van der Waals surface area contributed by atoms with Gasteiger partial charge in [-0.25, -0.2) is 10.6 Å². The standard InChI is InChI=1S/C9H8ClIN2O3/c10-7-3-1-6(2-4-7)8(14)13(12)9(15)16-5-11/h1-4H,5,12H2. The molecular weight excluding hydrogens is 346 g/mol. The zero-order valence-electron chi connectivity index (χ0n) is 8.02. The van der Waals surface area contributed by atoms with Gasteiger partial charge in [-0.05, 0) is 46.9 Å². The zero-order chi connectivity index (χ0) is 12.1. The molecule has 0 spiro atoms. The largest absolute Gasteiger partial charge is 0.437 e. The molecule has 2 N–H and O–H groups in total. The van der Waals surface area contributed by atoms with Gasteiger partial charge < -0.3 is 4.74 Å². The molecule has 0 atom stereocenters. The number of hydrazine groups is 1. The Labute approximate surface area is 111 Å². The van der Waals surface area contributed by atoms with Gasteiger partial charge in [-0.15, -0.1) is 0 Å². The number of hydrogen-bond acceptors (Lipinski definition) is 4. The second-order valence-electron chi connectivity index (χ2n) is 2.70. The molecule has 0 unspecified atom stereocenters. The van der Waals surface area contributed by atoms with E-state index in [1.807, 2.05) is 22.6 Å². The molecule has 0 aliphatic rings. The number of carbonyl (C=O) groups excluding carboxylic acids is 2. The highest BCUT2D eigenvalue weighted by Crippen LogP contribution is 2.11. The summed E-state index contributed by atoms with van der Waals surface area (Å²) in [6, 6.07) is 6.02. The number of amides is 2. The van der Waals surface area contributed by atoms with Crippen LogP contribution in [0.5, 0.6) is 0 Å². The van der Waals surface area contributed by atoms with Crippen LogP contribution >= 0.6 is 34.2 Å². The molecule has 0 aliphatic heterocycles. The summed E-state index contributed by atoms with van der Waals surface area (Å²) in [5, 5.41) is 0.914. The first-order valence-electron chi connectivity index (χ1n) is 4.13. The molecule has 1 aromatic rings. The van der Waals surface area contributed by atoms with Crippen molar-refractivity contribution in [2.45, 2.75) is 0 Å². The van der Waals surface area contributed by atoms with Crippen LogP contribution < -0.4 is 5.84 Å². The third-order valence-corrected chi connectivity index (χ3v) is 2.25. The highest BCUT2D eigenvalue weighted by Gasteiger charge is 2.20. The van der Waals surface area contributed by atoms with Crippen LogP contribution in [0.4, 0.5) is 4.79 Å². The fourth-order valence-corrected chi connectivity index (χ4v) is 1.32. The minimum Gasteiger partial charge on any atom is -0.437 e. The van der Waals surface area contributed by atoms with Crippen LogP contribution in [0, 0.1) is 0 Å². The molecule has 16 heavy (non-hydrogen) atoms. The smallest absolute Gasteiger partial charge is 0.432 e. The normalized spacial score (nSPS) is 9.69. The van der Waals surface area contributed by atoms with Gasteiger partial charge in [-0.1, -0.05) is 11.6 Å². The van der Waals surface area contributed by atoms with E-state index >= 15 is 0 Å². The quantitative estimate of drug-likeness (QED) is 0.290. The average Bonchev–Trinajstić information content (AvgIpc) is 2.28. The van der Waals surface area contributed by atoms with Gasteiger partial charge in [0, 0.05) is 10.6 Å². The lowest BCUT2D eigenvalue weighted by Gasteiger charge is -2.13. The van der Waals surface area contributed by atoms with Crippen LogP contribution in [0.15, 0.2) is 24.3 Å². The number of benzene rings is 1. The summed E-state index contributed by atoms with van der Waals surface area (Å²) in [5.74, 6) is 4.64. The van der Waals surface area contributed by atoms with E-state index in [-0.39, 0.29) is 10.2 Å². The van der Waals surface area contributed by atoms with Crippen molar-refractivity contribution in [2.24, 2.45) is 5.84 Å². The Balaban J connectivity index is 2.78. The molecule has 86 valence electrons. The predicted octanol–water partition coefficient (Wildman–Crippen LogP) is 2.19. The maximum Gasteiger partial charge on any atom is 0.432 e. The number of hydrogen-bond donors (Lipinski definition) is 1. The molecular formula is C9H8ClIN2O3. The minimum absolute atomic E-state index is 0.123. The van der Waals surface area contributed by atoms with E-state index in [1.54, 1.807) is 0 Å². The van der Waals surface area contributed by atoms with Crippen molar-refractivity contribution in [3.8, 4) is 0 Å². The summed E-state index contributed by atoms with van der Waals surface area (Å²) in [6.07, 6.45) is -0.894. The average molecular weight is 355 g/mol. The molecule has 0 bridgehead atoms. The van der Waals surface area contributed by atoms with Crippen LogP contribution in [0.3, 0.4) is 0 Å². The predicted molar refractivity (Wildman–Crippen MR) is 67.2 cm³/mol. The molecule has 0 fully saturated rings. The number of halogens is 2. The Morgan fingerprint density at radius 1 is 1.38 bits per heavy atom. The summed E-state index contributed by atoms with van der Waals surface area (Å²) in [4.78, 5) is 22.8. The third-order valence-electron chi connectivity index (χ3n) is 1.68. The number of alkyl halides is 1. The summed E-state index contributed by atoms with van der Waals surface area (Å²) in [7, 11) is 0. The van der Waals surface area contributed by atoms with Gasteiger partial charge in [0.1, 0.15) is 4.61 Å². The molecule has 0 saturated heterocycles. The first-order chi connectivity index (χ1) is 7.56. The lowest BCUT2D eigenvalue weighted by atomic mass is 10.2. The fraction of sp³-hybridized carbons (Fsp3) is 0.111. The summed E-state index contributed by atoms with van der Waals surface area (Å²) < 4.78 is 4.69. The topological polar surface area (TPSA) is 72.6 Å². The van der Waals surface area contributed by atoms with E-state index in [4.69, 9.17) is 17.4 Å². The zero-order valence-corrected chi connectivity index (χ0v) is 10.9. The summed E-state index contributed by atoms with van der Waals surface area (Å²) >= 11 is 7.48. The van der Waals surface area contributed by atoms with E-state index in [2.05, 4.69) is 4.74 Å². The molecule has 0 aliphatic carbocycles. The maximum atomic E-state index is 11.6. The fourth-order valence-electron chi connectivity index (χ4n) is 0.931. The Morgan fingerprint density at radius 2 is 1.94 bits per heavy atom. The lowest BCUT2D eigenvalue weighted by molar-refractivity contribution is 0.0702. The van der Waals surface area contributed by atoms with Gasteiger partial charge in [0.05, 0.1) is 0 Å². The second-order valence-corrected chi connectivity index (χ2v) is 3.76. The van der Waals surface area contributed by atoms with Crippen LogP contribution in [-0.4, -0.2) is 21.6 Å². The number of carbonyl (C=O) groups is 2. The second kappa shape index (κ2) is 6.02. The van der Waals surface area contributed by atoms with Crippen molar-refractivity contribution in [3.05, 3.63) is 34.9 Å². The van der Waals surface area contributed by atoms with E-state index < -0.39 is 12.0 Å². The van der Waals surface area contributed by atoms with Gasteiger partial charge in [-0.2, -0.15) is 5.01 Å². The van der Waals surface area contributed by atoms with E-state index in [0.717, 1.165) is 0 Å². The van der Waals surface area contributed by atoms with E-state index in [9.17, 15) is 9.59 Å². The van der Waals surface area contributed by atoms with Gasteiger partial charge in [0.2, 0.25) is 0 Å². The Kier molecular flexibility index (Phi) is 4.97. The van der Waals surface area contributed by atoms with Gasteiger partial charge in [0.25, 0.3) is 5.91 Å². The molecule has 0 saturated carbocycles. The number of nitrogens with two attached hydrogens (primary N) is 1. The van der Waals surface area contributed by atoms with Crippen LogP contribution in [0.1, 0.15) is 10.4 Å². The monoisotopic (exact) mass is 354 g/mol. The Morgan fingerprint density at radius 3 is 2.44 bits per heavy atom. The lowest BCUT2D eigenvalue weighted by Crippen LogP contribution is -2.42. The van der Waals surface area contributed by atoms with Crippen molar-refractivity contribution in [1.29, 1.82) is 0 Å². The van der Waals surface area contributed by atoms with Crippen LogP contribution in [-0.2, 0) is 4.74 Å². The number of ether oxygens (including phenoxy) is 1. The first-order valence-corrected chi connectivity index (χ1v) is 6.04. The molecule has 1 rings (SSSR count). The third kappa shape index (κ3) is 3.32. The number of imide groups is 1. The minimum atomic E-state index is -0.894. The number of rotatable bonds is 2. The molecule has 5 nitrogen and oxygen atoms in total. The summed E-state index contributed by atoms with van der Waals surface area (Å²) in [5.41, 5.74) is 0.261. The number of nitrogens with zero attached hydrogens (tertiary/aromatic N) is 1. The van der Waals surface area contributed by atoms with Crippen LogP contribution in [0.2, 0.25) is 5.02 Å². The van der Waals surface area contributed by atoms with Gasteiger partial charge >= 0.3 is 6.09 Å². The van der Waals surface area contributed by atoms with Crippen LogP contribution in [0.25, 0.3) is 0 Å². The molecule has 2 amide bonds. The van der Waals surface area contributed by atoms with Gasteiger partial charge in [0.15, 0.2) is 0 Å². The Hall–Kier alpha value is -0.860. The van der Waals surface area contributed by atoms with Crippen molar-refractivity contribution in [3.63, 3.8) is 0 Å². The van der Waals surface area contributed by atoms with E-state index in [0.29, 0.717) is 10.0 Å². The maximum absolute atomic E-state index is 11.6. The van der Waals surface area contributed by atoms with Crippen molar-refractivity contribution in [2.75, 3.05) is 4.61 Å². The molecule has 1 aromatic carbocycles. The molecule has 0 heterocycles. The van der Waals surface area contributed by atoms with Crippen molar-refractivity contribution >= 4 is 46.2 Å². The SMILES string of the molecule is NN(C(=O)OCI)C(=O)c1ccc(Cl)cc1. The first kappa shape index (κ1) is 13.2. The highest BCUT2D eigenvalue weighted by atomic mass is 127. The van der Waals surface area contributed by atoms with Crippen molar-refractivity contribution < 1.29 is 14.3 Å². The molecule has 0 aromatic heterocycles. The van der Waals surface area contributed by atoms with Gasteiger partial charge in [-0.3, -0.25) is 4.79 Å².